The van der Waals surface area contributed by atoms with Crippen LogP contribution in [0.5, 0.6) is 0 Å². The predicted molar refractivity (Wildman–Crippen MR) is 72.8 cm³/mol. The second-order valence-corrected chi connectivity index (χ2v) is 5.71. The van der Waals surface area contributed by atoms with E-state index in [0.29, 0.717) is 0 Å². The Kier molecular flexibility index (Phi) is 4.40. The molecule has 1 N–H and O–H groups in total. The first-order valence-corrected chi connectivity index (χ1v) is 7.50. The molecular formula is C13H22N2OS. The van der Waals surface area contributed by atoms with Gasteiger partial charge < -0.3 is 10.0 Å². The van der Waals surface area contributed by atoms with Crippen molar-refractivity contribution >= 4 is 16.5 Å². The first-order chi connectivity index (χ1) is 8.26. The number of thiazole rings is 1. The lowest BCUT2D eigenvalue weighted by molar-refractivity contribution is 0.153. The molecule has 0 bridgehead atoms. The van der Waals surface area contributed by atoms with Gasteiger partial charge in [-0.1, -0.05) is 13.3 Å². The summed E-state index contributed by atoms with van der Waals surface area (Å²) in [5, 5.41) is 11.0. The number of aliphatic hydroxyl groups is 1. The van der Waals surface area contributed by atoms with Crippen LogP contribution in [0.25, 0.3) is 0 Å². The molecule has 1 aromatic heterocycles. The maximum absolute atomic E-state index is 9.93. The highest BCUT2D eigenvalue weighted by Gasteiger charge is 2.24. The molecule has 0 aromatic carbocycles. The van der Waals surface area contributed by atoms with Gasteiger partial charge in [0.05, 0.1) is 11.8 Å². The number of unbranched alkanes of at least 4 members (excludes halogenated alkanes) is 1. The minimum Gasteiger partial charge on any atom is -0.387 e. The molecule has 1 aromatic rings. The highest BCUT2D eigenvalue weighted by atomic mass is 32.1. The van der Waals surface area contributed by atoms with Gasteiger partial charge in [0, 0.05) is 18.0 Å². The number of aryl methyl sites for hydroxylation is 1. The first-order valence-electron chi connectivity index (χ1n) is 6.68. The molecule has 1 unspecified atom stereocenters. The SMILES string of the molecule is CCCCN(CC)c1nc2c(s1)CCCC2O. The molecule has 1 atom stereocenters. The van der Waals surface area contributed by atoms with Crippen LogP contribution < -0.4 is 4.90 Å². The zero-order valence-electron chi connectivity index (χ0n) is 10.8. The van der Waals surface area contributed by atoms with E-state index in [0.717, 1.165) is 43.2 Å². The van der Waals surface area contributed by atoms with Crippen LogP contribution in [-0.4, -0.2) is 23.2 Å². The van der Waals surface area contributed by atoms with Gasteiger partial charge >= 0.3 is 0 Å². The van der Waals surface area contributed by atoms with E-state index in [1.807, 2.05) is 0 Å². The van der Waals surface area contributed by atoms with Crippen molar-refractivity contribution in [3.63, 3.8) is 0 Å². The molecule has 17 heavy (non-hydrogen) atoms. The number of nitrogens with zero attached hydrogens (tertiary/aromatic N) is 2. The summed E-state index contributed by atoms with van der Waals surface area (Å²) in [6.07, 6.45) is 5.16. The van der Waals surface area contributed by atoms with Crippen LogP contribution in [0.3, 0.4) is 0 Å². The molecule has 0 amide bonds. The summed E-state index contributed by atoms with van der Waals surface area (Å²) in [6, 6.07) is 0. The Morgan fingerprint density at radius 2 is 2.29 bits per heavy atom. The second-order valence-electron chi connectivity index (χ2n) is 4.65. The molecule has 4 heteroatoms. The van der Waals surface area contributed by atoms with E-state index in [1.54, 1.807) is 11.3 Å². The molecule has 0 spiro atoms. The summed E-state index contributed by atoms with van der Waals surface area (Å²) < 4.78 is 0. The van der Waals surface area contributed by atoms with E-state index in [-0.39, 0.29) is 6.10 Å². The van der Waals surface area contributed by atoms with Crippen molar-refractivity contribution in [2.45, 2.75) is 52.1 Å². The van der Waals surface area contributed by atoms with Gasteiger partial charge in [0.2, 0.25) is 0 Å². The third kappa shape index (κ3) is 2.80. The number of anilines is 1. The molecule has 1 heterocycles. The van der Waals surface area contributed by atoms with Crippen LogP contribution in [0.15, 0.2) is 0 Å². The summed E-state index contributed by atoms with van der Waals surface area (Å²) >= 11 is 1.78. The van der Waals surface area contributed by atoms with Gasteiger partial charge in [-0.25, -0.2) is 4.98 Å². The number of aromatic nitrogens is 1. The lowest BCUT2D eigenvalue weighted by atomic mass is 10.0. The third-order valence-corrected chi connectivity index (χ3v) is 4.54. The molecule has 96 valence electrons. The maximum Gasteiger partial charge on any atom is 0.185 e. The highest BCUT2D eigenvalue weighted by Crippen LogP contribution is 2.36. The van der Waals surface area contributed by atoms with E-state index in [1.165, 1.54) is 17.7 Å². The fourth-order valence-electron chi connectivity index (χ4n) is 2.26. The number of rotatable bonds is 5. The minimum atomic E-state index is -0.325. The first kappa shape index (κ1) is 12.8. The summed E-state index contributed by atoms with van der Waals surface area (Å²) in [5.41, 5.74) is 0.950. The van der Waals surface area contributed by atoms with Crippen LogP contribution in [0.4, 0.5) is 5.13 Å². The Hall–Kier alpha value is -0.610. The molecule has 0 saturated heterocycles. The third-order valence-electron chi connectivity index (χ3n) is 3.35. The zero-order valence-corrected chi connectivity index (χ0v) is 11.6. The fourth-order valence-corrected chi connectivity index (χ4v) is 3.50. The number of hydrogen-bond acceptors (Lipinski definition) is 4. The van der Waals surface area contributed by atoms with E-state index in [9.17, 15) is 5.11 Å². The molecule has 3 nitrogen and oxygen atoms in total. The normalized spacial score (nSPS) is 19.1. The zero-order chi connectivity index (χ0) is 12.3. The van der Waals surface area contributed by atoms with Gasteiger partial charge in [-0.2, -0.15) is 0 Å². The average Bonchev–Trinajstić information content (AvgIpc) is 2.75. The summed E-state index contributed by atoms with van der Waals surface area (Å²) in [6.45, 7) is 6.47. The van der Waals surface area contributed by atoms with Crippen molar-refractivity contribution in [2.75, 3.05) is 18.0 Å². The van der Waals surface area contributed by atoms with E-state index >= 15 is 0 Å². The van der Waals surface area contributed by atoms with Crippen molar-refractivity contribution < 1.29 is 5.11 Å². The van der Waals surface area contributed by atoms with Crippen molar-refractivity contribution in [1.82, 2.24) is 4.98 Å². The van der Waals surface area contributed by atoms with E-state index < -0.39 is 0 Å². The van der Waals surface area contributed by atoms with E-state index in [4.69, 9.17) is 0 Å². The van der Waals surface area contributed by atoms with Crippen molar-refractivity contribution in [3.05, 3.63) is 10.6 Å². The molecular weight excluding hydrogens is 232 g/mol. The molecule has 0 radical (unpaired) electrons. The topological polar surface area (TPSA) is 36.4 Å². The standard InChI is InChI=1S/C13H22N2OS/c1-3-5-9-15(4-2)13-14-12-10(16)7-6-8-11(12)17-13/h10,16H,3-9H2,1-2H3. The van der Waals surface area contributed by atoms with Gasteiger partial charge in [-0.05, 0) is 32.6 Å². The molecule has 1 aliphatic rings. The maximum atomic E-state index is 9.93. The van der Waals surface area contributed by atoms with Gasteiger partial charge in [0.1, 0.15) is 0 Å². The van der Waals surface area contributed by atoms with Crippen molar-refractivity contribution in [1.29, 1.82) is 0 Å². The number of hydrogen-bond donors (Lipinski definition) is 1. The quantitative estimate of drug-likeness (QED) is 0.877. The van der Waals surface area contributed by atoms with Crippen molar-refractivity contribution in [3.8, 4) is 0 Å². The fraction of sp³-hybridized carbons (Fsp3) is 0.769. The van der Waals surface area contributed by atoms with Crippen LogP contribution in [0.1, 0.15) is 56.2 Å². The summed E-state index contributed by atoms with van der Waals surface area (Å²) in [5.74, 6) is 0. The van der Waals surface area contributed by atoms with Gasteiger partial charge in [-0.15, -0.1) is 11.3 Å². The second kappa shape index (κ2) is 5.83. The Morgan fingerprint density at radius 1 is 1.47 bits per heavy atom. The van der Waals surface area contributed by atoms with Crippen LogP contribution in [0, 0.1) is 0 Å². The lowest BCUT2D eigenvalue weighted by Crippen LogP contribution is -2.23. The average molecular weight is 254 g/mol. The minimum absolute atomic E-state index is 0.325. The monoisotopic (exact) mass is 254 g/mol. The Morgan fingerprint density at radius 3 is 2.94 bits per heavy atom. The van der Waals surface area contributed by atoms with Crippen LogP contribution in [0.2, 0.25) is 0 Å². The molecule has 1 aliphatic carbocycles. The number of aliphatic hydroxyl groups excluding tert-OH is 1. The Balaban J connectivity index is 2.15. The smallest absolute Gasteiger partial charge is 0.185 e. The Labute approximate surface area is 107 Å². The van der Waals surface area contributed by atoms with Gasteiger partial charge in [0.25, 0.3) is 0 Å². The molecule has 0 saturated carbocycles. The molecule has 0 fully saturated rings. The van der Waals surface area contributed by atoms with Crippen molar-refractivity contribution in [2.24, 2.45) is 0 Å². The lowest BCUT2D eigenvalue weighted by Gasteiger charge is -2.19. The Bertz CT molecular complexity index is 364. The van der Waals surface area contributed by atoms with E-state index in [2.05, 4.69) is 23.7 Å². The predicted octanol–water partition coefficient (Wildman–Crippen LogP) is 3.14. The number of fused-ring (bicyclic) bond motifs is 1. The summed E-state index contributed by atoms with van der Waals surface area (Å²) in [7, 11) is 0. The molecule has 2 rings (SSSR count). The van der Waals surface area contributed by atoms with Crippen LogP contribution >= 0.6 is 11.3 Å². The summed E-state index contributed by atoms with van der Waals surface area (Å²) in [4.78, 5) is 8.28. The largest absolute Gasteiger partial charge is 0.387 e. The van der Waals surface area contributed by atoms with Gasteiger partial charge in [0.15, 0.2) is 5.13 Å². The van der Waals surface area contributed by atoms with Crippen LogP contribution in [-0.2, 0) is 6.42 Å². The highest BCUT2D eigenvalue weighted by molar-refractivity contribution is 7.15. The molecule has 0 aliphatic heterocycles. The van der Waals surface area contributed by atoms with Gasteiger partial charge in [-0.3, -0.25) is 0 Å².